The lowest BCUT2D eigenvalue weighted by Crippen LogP contribution is -2.05. The van der Waals surface area contributed by atoms with Gasteiger partial charge in [0.05, 0.1) is 36.3 Å². The summed E-state index contributed by atoms with van der Waals surface area (Å²) in [5.41, 5.74) is 3.90. The van der Waals surface area contributed by atoms with E-state index >= 15 is 0 Å². The van der Waals surface area contributed by atoms with Crippen LogP contribution in [-0.4, -0.2) is 40.3 Å². The van der Waals surface area contributed by atoms with Crippen molar-refractivity contribution in [3.63, 3.8) is 0 Å². The van der Waals surface area contributed by atoms with E-state index in [1.807, 2.05) is 36.4 Å². The van der Waals surface area contributed by atoms with Crippen molar-refractivity contribution in [3.8, 4) is 33.2 Å². The molecule has 0 atom stereocenters. The van der Waals surface area contributed by atoms with Crippen molar-refractivity contribution < 1.29 is 22.1 Å². The Morgan fingerprint density at radius 2 is 1.64 bits per heavy atom. The molecule has 0 amide bonds. The smallest absolute Gasteiger partial charge is 0.290 e. The van der Waals surface area contributed by atoms with Crippen LogP contribution in [-0.2, 0) is 14.3 Å². The maximum Gasteiger partial charge on any atom is 0.290 e. The molecule has 0 fully saturated rings. The number of hydrogen-bond acceptors (Lipinski definition) is 8. The van der Waals surface area contributed by atoms with Crippen molar-refractivity contribution in [3.05, 3.63) is 89.8 Å². The van der Waals surface area contributed by atoms with Crippen LogP contribution in [0.15, 0.2) is 84.3 Å². The predicted octanol–water partition coefficient (Wildman–Crippen LogP) is 7.09. The van der Waals surface area contributed by atoms with Gasteiger partial charge in [0.1, 0.15) is 0 Å². The molecule has 1 N–H and O–H groups in total. The largest absolute Gasteiger partial charge is 0.493 e. The number of ether oxygens (including phenoxy) is 2. The molecule has 3 aromatic carbocycles. The Hall–Kier alpha value is -3.66. The molecule has 1 aromatic heterocycles. The fourth-order valence-electron chi connectivity index (χ4n) is 3.85. The molecule has 0 unspecified atom stereocenters. The predicted molar refractivity (Wildman–Crippen MR) is 159 cm³/mol. The third kappa shape index (κ3) is 8.16. The summed E-state index contributed by atoms with van der Waals surface area (Å²) in [6, 6.07) is 25.9. The summed E-state index contributed by atoms with van der Waals surface area (Å²) < 4.78 is 39.5. The van der Waals surface area contributed by atoms with Crippen LogP contribution < -0.4 is 14.8 Å². The van der Waals surface area contributed by atoms with Crippen LogP contribution in [0.1, 0.15) is 25.3 Å². The Balaban J connectivity index is 1.30. The second kappa shape index (κ2) is 13.9. The van der Waals surface area contributed by atoms with Crippen LogP contribution in [0.5, 0.6) is 11.5 Å². The minimum atomic E-state index is -3.69. The quantitative estimate of drug-likeness (QED) is 0.129. The molecule has 0 bridgehead atoms. The SMILES string of the molecule is CCOS(=O)(=O)/C=C/c1ccc(OCCCCNc2nc(-c3ccccc3)c(-c3ccccc3)s2)c(OC)c1. The van der Waals surface area contributed by atoms with Gasteiger partial charge in [0.25, 0.3) is 10.1 Å². The molecule has 0 radical (unpaired) electrons. The van der Waals surface area contributed by atoms with Gasteiger partial charge in [-0.3, -0.25) is 4.18 Å². The van der Waals surface area contributed by atoms with E-state index in [2.05, 4.69) is 29.6 Å². The van der Waals surface area contributed by atoms with E-state index in [1.165, 1.54) is 6.08 Å². The summed E-state index contributed by atoms with van der Waals surface area (Å²) in [6.07, 6.45) is 3.21. The Labute approximate surface area is 234 Å². The summed E-state index contributed by atoms with van der Waals surface area (Å²) in [7, 11) is -2.14. The number of aromatic nitrogens is 1. The van der Waals surface area contributed by atoms with Gasteiger partial charge in [0.15, 0.2) is 16.6 Å². The highest BCUT2D eigenvalue weighted by Crippen LogP contribution is 2.38. The van der Waals surface area contributed by atoms with E-state index in [9.17, 15) is 8.42 Å². The molecule has 204 valence electrons. The zero-order chi connectivity index (χ0) is 27.5. The van der Waals surface area contributed by atoms with E-state index in [-0.39, 0.29) is 6.61 Å². The first kappa shape index (κ1) is 28.4. The van der Waals surface area contributed by atoms with Crippen molar-refractivity contribution >= 4 is 32.7 Å². The van der Waals surface area contributed by atoms with Crippen LogP contribution in [0.3, 0.4) is 0 Å². The highest BCUT2D eigenvalue weighted by Gasteiger charge is 2.14. The number of benzene rings is 3. The molecule has 0 saturated heterocycles. The topological polar surface area (TPSA) is 86.8 Å². The van der Waals surface area contributed by atoms with Crippen LogP contribution in [0.2, 0.25) is 0 Å². The fourth-order valence-corrected chi connectivity index (χ4v) is 5.60. The molecule has 0 aliphatic rings. The highest BCUT2D eigenvalue weighted by atomic mass is 32.2. The molecule has 0 aliphatic heterocycles. The average molecular weight is 565 g/mol. The van der Waals surface area contributed by atoms with E-state index < -0.39 is 10.1 Å². The molecule has 39 heavy (non-hydrogen) atoms. The molecule has 0 aliphatic carbocycles. The van der Waals surface area contributed by atoms with E-state index in [1.54, 1.807) is 43.6 Å². The van der Waals surface area contributed by atoms with E-state index in [0.717, 1.165) is 51.6 Å². The lowest BCUT2D eigenvalue weighted by molar-refractivity contribution is 0.287. The number of rotatable bonds is 14. The van der Waals surface area contributed by atoms with Crippen molar-refractivity contribution in [1.82, 2.24) is 4.98 Å². The van der Waals surface area contributed by atoms with Gasteiger partial charge in [-0.2, -0.15) is 8.42 Å². The van der Waals surface area contributed by atoms with Crippen LogP contribution in [0.4, 0.5) is 5.13 Å². The molecular weight excluding hydrogens is 532 g/mol. The summed E-state index contributed by atoms with van der Waals surface area (Å²) in [5.74, 6) is 1.14. The molecular formula is C30H32N2O5S2. The Morgan fingerprint density at radius 1 is 0.923 bits per heavy atom. The van der Waals surface area contributed by atoms with Gasteiger partial charge in [-0.1, -0.05) is 78.1 Å². The number of hydrogen-bond donors (Lipinski definition) is 1. The van der Waals surface area contributed by atoms with Gasteiger partial charge >= 0.3 is 0 Å². The lowest BCUT2D eigenvalue weighted by Gasteiger charge is -2.11. The molecule has 1 heterocycles. The Morgan fingerprint density at radius 3 is 2.33 bits per heavy atom. The van der Waals surface area contributed by atoms with Crippen LogP contribution in [0, 0.1) is 0 Å². The maximum absolute atomic E-state index is 11.7. The highest BCUT2D eigenvalue weighted by molar-refractivity contribution is 7.89. The van der Waals surface area contributed by atoms with Crippen molar-refractivity contribution in [2.75, 3.05) is 32.2 Å². The van der Waals surface area contributed by atoms with E-state index in [4.69, 9.17) is 18.6 Å². The van der Waals surface area contributed by atoms with E-state index in [0.29, 0.717) is 23.7 Å². The fraction of sp³-hybridized carbons (Fsp3) is 0.233. The average Bonchev–Trinajstić information content (AvgIpc) is 3.39. The van der Waals surface area contributed by atoms with Crippen molar-refractivity contribution in [2.24, 2.45) is 0 Å². The first-order chi connectivity index (χ1) is 19.0. The summed E-state index contributed by atoms with van der Waals surface area (Å²) in [6.45, 7) is 3.01. The molecule has 4 rings (SSSR count). The van der Waals surface area contributed by atoms with Crippen LogP contribution in [0.25, 0.3) is 27.8 Å². The first-order valence-corrected chi connectivity index (χ1v) is 15.0. The second-order valence-corrected chi connectivity index (χ2v) is 11.0. The number of unbranched alkanes of at least 4 members (excludes halogenated alkanes) is 1. The zero-order valence-corrected chi connectivity index (χ0v) is 23.6. The van der Waals surface area contributed by atoms with Crippen molar-refractivity contribution in [1.29, 1.82) is 0 Å². The Kier molecular flexibility index (Phi) is 10.1. The number of anilines is 1. The second-order valence-electron chi connectivity index (χ2n) is 8.52. The molecule has 4 aromatic rings. The summed E-state index contributed by atoms with van der Waals surface area (Å²) in [4.78, 5) is 6.05. The number of methoxy groups -OCH3 is 1. The maximum atomic E-state index is 11.7. The van der Waals surface area contributed by atoms with Gasteiger partial charge in [-0.25, -0.2) is 4.98 Å². The molecule has 0 spiro atoms. The van der Waals surface area contributed by atoms with Gasteiger partial charge in [0.2, 0.25) is 0 Å². The van der Waals surface area contributed by atoms with Crippen molar-refractivity contribution in [2.45, 2.75) is 19.8 Å². The number of thiazole rings is 1. The van der Waals surface area contributed by atoms with Gasteiger partial charge in [0, 0.05) is 12.1 Å². The lowest BCUT2D eigenvalue weighted by atomic mass is 10.1. The minimum absolute atomic E-state index is 0.0889. The third-order valence-corrected chi connectivity index (χ3v) is 7.81. The Bertz CT molecular complexity index is 1410. The van der Waals surface area contributed by atoms with Gasteiger partial charge in [-0.15, -0.1) is 0 Å². The van der Waals surface area contributed by atoms with Crippen LogP contribution >= 0.6 is 11.3 Å². The molecule has 9 heteroatoms. The molecule has 7 nitrogen and oxygen atoms in total. The van der Waals surface area contributed by atoms with Gasteiger partial charge in [-0.05, 0) is 49.1 Å². The number of nitrogens with one attached hydrogen (secondary N) is 1. The minimum Gasteiger partial charge on any atom is -0.493 e. The summed E-state index contributed by atoms with van der Waals surface area (Å²) >= 11 is 1.66. The molecule has 0 saturated carbocycles. The zero-order valence-electron chi connectivity index (χ0n) is 22.0. The number of nitrogens with zero attached hydrogens (tertiary/aromatic N) is 1. The van der Waals surface area contributed by atoms with Gasteiger partial charge < -0.3 is 14.8 Å². The third-order valence-electron chi connectivity index (χ3n) is 5.71. The summed E-state index contributed by atoms with van der Waals surface area (Å²) in [5, 5.41) is 5.40. The first-order valence-electron chi connectivity index (χ1n) is 12.7. The monoisotopic (exact) mass is 564 g/mol. The standard InChI is InChI=1S/C30H32N2O5S2/c1-3-37-39(33,34)21-18-23-16-17-26(27(22-23)35-2)36-20-11-10-19-31-30-32-28(24-12-6-4-7-13-24)29(38-30)25-14-8-5-9-15-25/h4-9,12-18,21-22H,3,10-11,19-20H2,1-2H3,(H,31,32)/b21-18+. The normalized spacial score (nSPS) is 11.5.